The number of halogens is 1. The van der Waals surface area contributed by atoms with Crippen LogP contribution in [-0.2, 0) is 24.7 Å². The number of anilines is 1. The van der Waals surface area contributed by atoms with E-state index in [-0.39, 0.29) is 36.9 Å². The van der Waals surface area contributed by atoms with Crippen LogP contribution in [0.2, 0.25) is 0 Å². The van der Waals surface area contributed by atoms with E-state index in [2.05, 4.69) is 5.32 Å². The van der Waals surface area contributed by atoms with Gasteiger partial charge in [0.15, 0.2) is 0 Å². The zero-order valence-electron chi connectivity index (χ0n) is 14.9. The maximum Gasteiger partial charge on any atom is 0.250 e. The van der Waals surface area contributed by atoms with E-state index in [1.807, 2.05) is 4.90 Å². The summed E-state index contributed by atoms with van der Waals surface area (Å²) >= 11 is 0. The number of methoxy groups -OCH3 is 1. The standard InChI is InChI=1S/C19H20FN3O4/c1-27-8-7-22-16(24)14-13-3-2-6-23(13)19(15(14)17(22)25)11-9-10(20)4-5-12(11)21-18(19)26/h4-5,9,13-15H,2-3,6-8H2,1H3,(H,21,26)/t13-,14+,15+,19-/m0/s1. The Balaban J connectivity index is 1.69. The molecule has 0 radical (unpaired) electrons. The van der Waals surface area contributed by atoms with Gasteiger partial charge in [0.1, 0.15) is 11.4 Å². The van der Waals surface area contributed by atoms with Crippen LogP contribution in [0.25, 0.3) is 0 Å². The normalized spacial score (nSPS) is 34.4. The van der Waals surface area contributed by atoms with Crippen molar-refractivity contribution in [1.82, 2.24) is 9.80 Å². The number of hydrogen-bond acceptors (Lipinski definition) is 5. The SMILES string of the molecule is COCCN1C(=O)[C@@H]2[C@@H]3CCCN3[C@]3(C(=O)Nc4ccc(F)cc43)[C@H]2C1=O. The number of amides is 3. The van der Waals surface area contributed by atoms with Crippen LogP contribution in [0.4, 0.5) is 10.1 Å². The first-order chi connectivity index (χ1) is 13.0. The Labute approximate surface area is 155 Å². The Hall–Kier alpha value is -2.32. The molecule has 0 bridgehead atoms. The summed E-state index contributed by atoms with van der Waals surface area (Å²) < 4.78 is 19.1. The summed E-state index contributed by atoms with van der Waals surface area (Å²) in [5.41, 5.74) is -0.317. The molecule has 3 saturated heterocycles. The van der Waals surface area contributed by atoms with Crippen molar-refractivity contribution in [1.29, 1.82) is 0 Å². The van der Waals surface area contributed by atoms with Crippen molar-refractivity contribution in [3.8, 4) is 0 Å². The minimum Gasteiger partial charge on any atom is -0.383 e. The molecule has 0 aromatic heterocycles. The van der Waals surface area contributed by atoms with E-state index in [1.54, 1.807) is 0 Å². The van der Waals surface area contributed by atoms with Crippen molar-refractivity contribution in [2.24, 2.45) is 11.8 Å². The zero-order chi connectivity index (χ0) is 18.9. The minimum absolute atomic E-state index is 0.168. The number of rotatable bonds is 3. The largest absolute Gasteiger partial charge is 0.383 e. The zero-order valence-corrected chi connectivity index (χ0v) is 14.9. The van der Waals surface area contributed by atoms with Crippen LogP contribution >= 0.6 is 0 Å². The molecule has 0 saturated carbocycles. The smallest absolute Gasteiger partial charge is 0.250 e. The number of ether oxygens (including phenoxy) is 1. The second kappa shape index (κ2) is 5.59. The highest BCUT2D eigenvalue weighted by Gasteiger charge is 2.74. The second-order valence-electron chi connectivity index (χ2n) is 7.64. The van der Waals surface area contributed by atoms with Crippen molar-refractivity contribution < 1.29 is 23.5 Å². The highest BCUT2D eigenvalue weighted by Crippen LogP contribution is 2.60. The Bertz CT molecular complexity index is 875. The molecule has 0 aliphatic carbocycles. The molecule has 5 rings (SSSR count). The summed E-state index contributed by atoms with van der Waals surface area (Å²) in [5, 5.41) is 2.82. The van der Waals surface area contributed by atoms with Crippen LogP contribution in [0.3, 0.4) is 0 Å². The molecular formula is C19H20FN3O4. The van der Waals surface area contributed by atoms with Crippen LogP contribution in [0.15, 0.2) is 18.2 Å². The third-order valence-corrected chi connectivity index (χ3v) is 6.56. The predicted octanol–water partition coefficient (Wildman–Crippen LogP) is 0.699. The lowest BCUT2D eigenvalue weighted by atomic mass is 9.75. The number of likely N-dealkylation sites (tertiary alicyclic amines) is 1. The van der Waals surface area contributed by atoms with Gasteiger partial charge in [-0.2, -0.15) is 0 Å². The molecule has 1 spiro atoms. The van der Waals surface area contributed by atoms with E-state index in [4.69, 9.17) is 4.74 Å². The van der Waals surface area contributed by atoms with E-state index in [0.717, 1.165) is 12.8 Å². The number of benzene rings is 1. The number of hydrogen-bond donors (Lipinski definition) is 1. The molecular weight excluding hydrogens is 353 g/mol. The molecule has 1 N–H and O–H groups in total. The van der Waals surface area contributed by atoms with Gasteiger partial charge in [-0.05, 0) is 37.6 Å². The van der Waals surface area contributed by atoms with Gasteiger partial charge < -0.3 is 10.1 Å². The van der Waals surface area contributed by atoms with Crippen LogP contribution in [-0.4, -0.2) is 60.4 Å². The molecule has 4 heterocycles. The summed E-state index contributed by atoms with van der Waals surface area (Å²) in [6.45, 7) is 1.02. The van der Waals surface area contributed by atoms with Crippen LogP contribution < -0.4 is 5.32 Å². The molecule has 0 unspecified atom stereocenters. The molecule has 3 fully saturated rings. The molecule has 142 valence electrons. The number of fused-ring (bicyclic) bond motifs is 7. The lowest BCUT2D eigenvalue weighted by Gasteiger charge is -2.36. The maximum absolute atomic E-state index is 14.1. The number of carbonyl (C=O) groups is 3. The third-order valence-electron chi connectivity index (χ3n) is 6.56. The Morgan fingerprint density at radius 3 is 2.89 bits per heavy atom. The Kier molecular flexibility index (Phi) is 3.48. The summed E-state index contributed by atoms with van der Waals surface area (Å²) in [6, 6.07) is 3.97. The predicted molar refractivity (Wildman–Crippen MR) is 92.0 cm³/mol. The minimum atomic E-state index is -1.31. The topological polar surface area (TPSA) is 79.0 Å². The van der Waals surface area contributed by atoms with E-state index in [0.29, 0.717) is 17.8 Å². The molecule has 27 heavy (non-hydrogen) atoms. The fraction of sp³-hybridized carbons (Fsp3) is 0.526. The number of carbonyl (C=O) groups excluding carboxylic acids is 3. The fourth-order valence-electron chi connectivity index (χ4n) is 5.64. The molecule has 4 atom stereocenters. The summed E-state index contributed by atoms with van der Waals surface area (Å²) in [4.78, 5) is 42.8. The van der Waals surface area contributed by atoms with Crippen molar-refractivity contribution in [2.45, 2.75) is 24.4 Å². The van der Waals surface area contributed by atoms with Gasteiger partial charge >= 0.3 is 0 Å². The lowest BCUT2D eigenvalue weighted by molar-refractivity contribution is -0.146. The van der Waals surface area contributed by atoms with E-state index >= 15 is 0 Å². The molecule has 8 heteroatoms. The summed E-state index contributed by atoms with van der Waals surface area (Å²) in [7, 11) is 1.51. The lowest BCUT2D eigenvalue weighted by Crippen LogP contribution is -2.54. The first-order valence-corrected chi connectivity index (χ1v) is 9.24. The average molecular weight is 373 g/mol. The Morgan fingerprint density at radius 2 is 2.11 bits per heavy atom. The van der Waals surface area contributed by atoms with Gasteiger partial charge in [0, 0.05) is 24.4 Å². The van der Waals surface area contributed by atoms with Crippen molar-refractivity contribution in [3.63, 3.8) is 0 Å². The number of imide groups is 1. The van der Waals surface area contributed by atoms with Crippen molar-refractivity contribution in [3.05, 3.63) is 29.6 Å². The summed E-state index contributed by atoms with van der Waals surface area (Å²) in [6.07, 6.45) is 1.59. The second-order valence-corrected chi connectivity index (χ2v) is 7.64. The highest BCUT2D eigenvalue weighted by molar-refractivity contribution is 6.15. The fourth-order valence-corrected chi connectivity index (χ4v) is 5.64. The molecule has 1 aromatic carbocycles. The van der Waals surface area contributed by atoms with Crippen LogP contribution in [0.5, 0.6) is 0 Å². The number of nitrogens with one attached hydrogen (secondary N) is 1. The summed E-state index contributed by atoms with van der Waals surface area (Å²) in [5.74, 6) is -2.79. The molecule has 7 nitrogen and oxygen atoms in total. The van der Waals surface area contributed by atoms with E-state index in [9.17, 15) is 18.8 Å². The maximum atomic E-state index is 14.1. The van der Waals surface area contributed by atoms with Gasteiger partial charge in [-0.1, -0.05) is 0 Å². The highest BCUT2D eigenvalue weighted by atomic mass is 19.1. The molecule has 3 amide bonds. The monoisotopic (exact) mass is 373 g/mol. The van der Waals surface area contributed by atoms with Crippen molar-refractivity contribution in [2.75, 3.05) is 32.1 Å². The van der Waals surface area contributed by atoms with Gasteiger partial charge in [-0.15, -0.1) is 0 Å². The van der Waals surface area contributed by atoms with Crippen LogP contribution in [0.1, 0.15) is 18.4 Å². The van der Waals surface area contributed by atoms with Crippen molar-refractivity contribution >= 4 is 23.4 Å². The quantitative estimate of drug-likeness (QED) is 0.789. The molecule has 1 aromatic rings. The van der Waals surface area contributed by atoms with E-state index in [1.165, 1.54) is 30.2 Å². The molecule has 4 aliphatic rings. The van der Waals surface area contributed by atoms with Gasteiger partial charge in [-0.3, -0.25) is 24.2 Å². The van der Waals surface area contributed by atoms with E-state index < -0.39 is 23.2 Å². The van der Waals surface area contributed by atoms with Gasteiger partial charge in [0.2, 0.25) is 17.7 Å². The Morgan fingerprint density at radius 1 is 1.30 bits per heavy atom. The number of nitrogens with zero attached hydrogens (tertiary/aromatic N) is 2. The first kappa shape index (κ1) is 16.8. The third kappa shape index (κ3) is 1.89. The van der Waals surface area contributed by atoms with Gasteiger partial charge in [0.25, 0.3) is 0 Å². The first-order valence-electron chi connectivity index (χ1n) is 9.24. The average Bonchev–Trinajstić information content (AvgIpc) is 3.33. The van der Waals surface area contributed by atoms with Crippen LogP contribution in [0, 0.1) is 17.7 Å². The van der Waals surface area contributed by atoms with Gasteiger partial charge in [-0.25, -0.2) is 4.39 Å². The van der Waals surface area contributed by atoms with Gasteiger partial charge in [0.05, 0.1) is 25.0 Å². The molecule has 4 aliphatic heterocycles.